The molecule has 0 unspecified atom stereocenters. The van der Waals surface area contributed by atoms with Crippen molar-refractivity contribution in [2.45, 2.75) is 26.4 Å². The van der Waals surface area contributed by atoms with Gasteiger partial charge in [0.1, 0.15) is 12.3 Å². The SMILES string of the molecule is CCCNCc1cn(Cc2ccc(Br)o2)nn1. The predicted octanol–water partition coefficient (Wildman–Crippen LogP) is 2.18. The zero-order valence-corrected chi connectivity index (χ0v) is 11.3. The first-order chi connectivity index (χ1) is 8.28. The van der Waals surface area contributed by atoms with Crippen LogP contribution in [0.5, 0.6) is 0 Å². The van der Waals surface area contributed by atoms with Gasteiger partial charge in [-0.05, 0) is 41.0 Å². The largest absolute Gasteiger partial charge is 0.452 e. The number of nitrogens with one attached hydrogen (secondary N) is 1. The van der Waals surface area contributed by atoms with E-state index in [2.05, 4.69) is 38.5 Å². The summed E-state index contributed by atoms with van der Waals surface area (Å²) in [6.07, 6.45) is 3.05. The monoisotopic (exact) mass is 298 g/mol. The predicted molar refractivity (Wildman–Crippen MR) is 67.5 cm³/mol. The minimum atomic E-state index is 0.604. The van der Waals surface area contributed by atoms with Gasteiger partial charge in [0.05, 0.1) is 11.9 Å². The fourth-order valence-corrected chi connectivity index (χ4v) is 1.83. The molecule has 2 aromatic heterocycles. The van der Waals surface area contributed by atoms with E-state index in [0.717, 1.165) is 35.6 Å². The van der Waals surface area contributed by atoms with Crippen LogP contribution in [-0.2, 0) is 13.1 Å². The van der Waals surface area contributed by atoms with Crippen molar-refractivity contribution in [1.29, 1.82) is 0 Å². The highest BCUT2D eigenvalue weighted by molar-refractivity contribution is 9.10. The van der Waals surface area contributed by atoms with Crippen LogP contribution in [0.15, 0.2) is 27.4 Å². The molecule has 0 saturated heterocycles. The fraction of sp³-hybridized carbons (Fsp3) is 0.455. The number of furan rings is 1. The Morgan fingerprint density at radius 3 is 3.06 bits per heavy atom. The number of rotatable bonds is 6. The van der Waals surface area contributed by atoms with Crippen LogP contribution in [0.4, 0.5) is 0 Å². The third kappa shape index (κ3) is 3.67. The maximum atomic E-state index is 5.41. The van der Waals surface area contributed by atoms with Crippen molar-refractivity contribution in [3.05, 3.63) is 34.5 Å². The summed E-state index contributed by atoms with van der Waals surface area (Å²) in [5.41, 5.74) is 0.948. The smallest absolute Gasteiger partial charge is 0.169 e. The van der Waals surface area contributed by atoms with E-state index in [9.17, 15) is 0 Å². The Labute approximate surface area is 108 Å². The first-order valence-corrected chi connectivity index (χ1v) is 6.41. The Morgan fingerprint density at radius 2 is 2.35 bits per heavy atom. The minimum absolute atomic E-state index is 0.604. The molecule has 17 heavy (non-hydrogen) atoms. The molecule has 0 fully saturated rings. The second kappa shape index (κ2) is 5.97. The molecule has 0 aliphatic carbocycles. The van der Waals surface area contributed by atoms with Crippen molar-refractivity contribution in [2.24, 2.45) is 0 Å². The van der Waals surface area contributed by atoms with E-state index >= 15 is 0 Å². The molecule has 2 rings (SSSR count). The molecule has 0 amide bonds. The molecule has 0 aliphatic rings. The maximum Gasteiger partial charge on any atom is 0.169 e. The van der Waals surface area contributed by atoms with Crippen LogP contribution < -0.4 is 5.32 Å². The quantitative estimate of drug-likeness (QED) is 0.831. The third-order valence-electron chi connectivity index (χ3n) is 2.27. The Hall–Kier alpha value is -1.14. The molecule has 0 aliphatic heterocycles. The zero-order chi connectivity index (χ0) is 12.1. The van der Waals surface area contributed by atoms with E-state index < -0.39 is 0 Å². The summed E-state index contributed by atoms with van der Waals surface area (Å²) in [4.78, 5) is 0. The van der Waals surface area contributed by atoms with E-state index in [0.29, 0.717) is 6.54 Å². The van der Waals surface area contributed by atoms with Crippen molar-refractivity contribution in [2.75, 3.05) is 6.54 Å². The average Bonchev–Trinajstić information content (AvgIpc) is 2.90. The van der Waals surface area contributed by atoms with Gasteiger partial charge in [-0.3, -0.25) is 0 Å². The van der Waals surface area contributed by atoms with Gasteiger partial charge in [-0.15, -0.1) is 5.10 Å². The second-order valence-electron chi connectivity index (χ2n) is 3.79. The fourth-order valence-electron chi connectivity index (χ4n) is 1.49. The van der Waals surface area contributed by atoms with Gasteiger partial charge in [0, 0.05) is 6.54 Å². The lowest BCUT2D eigenvalue weighted by Crippen LogP contribution is -2.13. The van der Waals surface area contributed by atoms with Crippen molar-refractivity contribution >= 4 is 15.9 Å². The number of halogens is 1. The molecule has 6 heteroatoms. The summed E-state index contributed by atoms with van der Waals surface area (Å²) in [5, 5.41) is 11.4. The Morgan fingerprint density at radius 1 is 1.47 bits per heavy atom. The first kappa shape index (κ1) is 12.3. The van der Waals surface area contributed by atoms with Crippen LogP contribution in [0.3, 0.4) is 0 Å². The Kier molecular flexibility index (Phi) is 4.33. The lowest BCUT2D eigenvalue weighted by Gasteiger charge is -1.97. The van der Waals surface area contributed by atoms with Gasteiger partial charge in [0.15, 0.2) is 4.67 Å². The van der Waals surface area contributed by atoms with E-state index in [4.69, 9.17) is 4.42 Å². The van der Waals surface area contributed by atoms with Gasteiger partial charge in [0.2, 0.25) is 0 Å². The molecule has 0 bridgehead atoms. The highest BCUT2D eigenvalue weighted by Crippen LogP contribution is 2.14. The topological polar surface area (TPSA) is 55.9 Å². The number of hydrogen-bond donors (Lipinski definition) is 1. The van der Waals surface area contributed by atoms with Crippen LogP contribution in [0.1, 0.15) is 24.8 Å². The number of nitrogens with zero attached hydrogens (tertiary/aromatic N) is 3. The van der Waals surface area contributed by atoms with Crippen LogP contribution in [0.25, 0.3) is 0 Å². The standard InChI is InChI=1S/C11H15BrN4O/c1-2-5-13-6-9-7-16(15-14-9)8-10-3-4-11(12)17-10/h3-4,7,13H,2,5-6,8H2,1H3. The summed E-state index contributed by atoms with van der Waals surface area (Å²) in [6, 6.07) is 3.79. The average molecular weight is 299 g/mol. The molecule has 2 heterocycles. The lowest BCUT2D eigenvalue weighted by atomic mass is 10.4. The normalized spacial score (nSPS) is 10.9. The molecule has 0 saturated carbocycles. The summed E-state index contributed by atoms with van der Waals surface area (Å²) in [6.45, 7) is 4.50. The van der Waals surface area contributed by atoms with Gasteiger partial charge in [-0.1, -0.05) is 12.1 Å². The third-order valence-corrected chi connectivity index (χ3v) is 2.69. The maximum absolute atomic E-state index is 5.41. The van der Waals surface area contributed by atoms with Crippen molar-refractivity contribution in [1.82, 2.24) is 20.3 Å². The number of aromatic nitrogens is 3. The Bertz CT molecular complexity index is 465. The summed E-state index contributed by atoms with van der Waals surface area (Å²) in [5.74, 6) is 0.856. The van der Waals surface area contributed by atoms with Crippen molar-refractivity contribution < 1.29 is 4.42 Å². The van der Waals surface area contributed by atoms with Crippen LogP contribution in [0.2, 0.25) is 0 Å². The van der Waals surface area contributed by atoms with E-state index in [1.807, 2.05) is 18.3 Å². The lowest BCUT2D eigenvalue weighted by molar-refractivity contribution is 0.459. The van der Waals surface area contributed by atoms with Crippen molar-refractivity contribution in [3.63, 3.8) is 0 Å². The van der Waals surface area contributed by atoms with E-state index in [1.54, 1.807) is 4.68 Å². The summed E-state index contributed by atoms with van der Waals surface area (Å²) >= 11 is 3.27. The van der Waals surface area contributed by atoms with Gasteiger partial charge >= 0.3 is 0 Å². The number of hydrogen-bond acceptors (Lipinski definition) is 4. The molecule has 0 radical (unpaired) electrons. The van der Waals surface area contributed by atoms with Gasteiger partial charge in [0.25, 0.3) is 0 Å². The summed E-state index contributed by atoms with van der Waals surface area (Å²) < 4.78 is 7.91. The van der Waals surface area contributed by atoms with Crippen LogP contribution >= 0.6 is 15.9 Å². The molecule has 0 atom stereocenters. The summed E-state index contributed by atoms with van der Waals surface area (Å²) in [7, 11) is 0. The minimum Gasteiger partial charge on any atom is -0.452 e. The van der Waals surface area contributed by atoms with E-state index in [-0.39, 0.29) is 0 Å². The highest BCUT2D eigenvalue weighted by atomic mass is 79.9. The molecule has 92 valence electrons. The van der Waals surface area contributed by atoms with Gasteiger partial charge in [-0.2, -0.15) is 0 Å². The zero-order valence-electron chi connectivity index (χ0n) is 9.69. The van der Waals surface area contributed by atoms with Gasteiger partial charge < -0.3 is 9.73 Å². The van der Waals surface area contributed by atoms with Gasteiger partial charge in [-0.25, -0.2) is 4.68 Å². The van der Waals surface area contributed by atoms with Crippen LogP contribution in [-0.4, -0.2) is 21.5 Å². The molecule has 0 aromatic carbocycles. The molecule has 0 spiro atoms. The highest BCUT2D eigenvalue weighted by Gasteiger charge is 2.04. The van der Waals surface area contributed by atoms with Crippen molar-refractivity contribution in [3.8, 4) is 0 Å². The molecule has 2 aromatic rings. The molecular formula is C11H15BrN4O. The van der Waals surface area contributed by atoms with Crippen LogP contribution in [0, 0.1) is 0 Å². The first-order valence-electron chi connectivity index (χ1n) is 5.62. The van der Waals surface area contributed by atoms with E-state index in [1.165, 1.54) is 0 Å². The Balaban J connectivity index is 1.89. The second-order valence-corrected chi connectivity index (χ2v) is 4.57. The molecular weight excluding hydrogens is 284 g/mol. The molecule has 1 N–H and O–H groups in total. The molecule has 5 nitrogen and oxygen atoms in total.